The number of nitrogens with two attached hydrogens (primary N) is 1. The Balaban J connectivity index is 0.000000191. The van der Waals surface area contributed by atoms with Gasteiger partial charge in [0.15, 0.2) is 0 Å². The first-order chi connectivity index (χ1) is 9.18. The highest BCUT2D eigenvalue weighted by molar-refractivity contribution is 5.70. The van der Waals surface area contributed by atoms with E-state index in [4.69, 9.17) is 10.8 Å². The maximum Gasteiger partial charge on any atom is 0.307 e. The predicted octanol–water partition coefficient (Wildman–Crippen LogP) is 3.37. The maximum atomic E-state index is 10.2. The van der Waals surface area contributed by atoms with E-state index >= 15 is 0 Å². The first-order valence-corrected chi connectivity index (χ1v) is 7.20. The van der Waals surface area contributed by atoms with Crippen molar-refractivity contribution in [1.29, 1.82) is 0 Å². The SMILES string of the molecule is NC1CCCCCCC1.O=C(O)Cc1ccccc1. The Hall–Kier alpha value is -1.35. The van der Waals surface area contributed by atoms with Gasteiger partial charge in [-0.2, -0.15) is 0 Å². The molecule has 106 valence electrons. The van der Waals surface area contributed by atoms with Crippen LogP contribution < -0.4 is 5.73 Å². The molecule has 1 aliphatic rings. The predicted molar refractivity (Wildman–Crippen MR) is 78.1 cm³/mol. The van der Waals surface area contributed by atoms with E-state index in [9.17, 15) is 4.79 Å². The molecule has 19 heavy (non-hydrogen) atoms. The quantitative estimate of drug-likeness (QED) is 0.860. The Morgan fingerprint density at radius 2 is 1.58 bits per heavy atom. The molecule has 1 aliphatic carbocycles. The third-order valence-corrected chi connectivity index (χ3v) is 3.35. The zero-order chi connectivity index (χ0) is 13.9. The standard InChI is InChI=1S/C8H17N.C8H8O2/c9-8-6-4-2-1-3-5-7-8;9-8(10)6-7-4-2-1-3-5-7/h8H,1-7,9H2;1-5H,6H2,(H,9,10). The minimum atomic E-state index is -0.786. The van der Waals surface area contributed by atoms with Gasteiger partial charge in [-0.1, -0.05) is 62.4 Å². The number of rotatable bonds is 2. The lowest BCUT2D eigenvalue weighted by molar-refractivity contribution is -0.136. The monoisotopic (exact) mass is 263 g/mol. The van der Waals surface area contributed by atoms with Crippen LogP contribution in [0.4, 0.5) is 0 Å². The van der Waals surface area contributed by atoms with E-state index in [2.05, 4.69) is 0 Å². The first kappa shape index (κ1) is 15.7. The molecule has 0 unspecified atom stereocenters. The Labute approximate surface area is 115 Å². The van der Waals surface area contributed by atoms with Crippen LogP contribution in [-0.2, 0) is 11.2 Å². The van der Waals surface area contributed by atoms with Crippen molar-refractivity contribution in [3.8, 4) is 0 Å². The van der Waals surface area contributed by atoms with Crippen molar-refractivity contribution in [3.63, 3.8) is 0 Å². The van der Waals surface area contributed by atoms with E-state index in [1.165, 1.54) is 44.9 Å². The number of hydrogen-bond acceptors (Lipinski definition) is 2. The Kier molecular flexibility index (Phi) is 7.91. The van der Waals surface area contributed by atoms with Crippen molar-refractivity contribution in [2.75, 3.05) is 0 Å². The molecule has 1 aromatic rings. The molecule has 0 saturated heterocycles. The Bertz CT molecular complexity index is 343. The number of aliphatic carboxylic acids is 1. The van der Waals surface area contributed by atoms with Gasteiger partial charge in [0.2, 0.25) is 0 Å². The van der Waals surface area contributed by atoms with Crippen LogP contribution >= 0.6 is 0 Å². The summed E-state index contributed by atoms with van der Waals surface area (Å²) in [4.78, 5) is 10.2. The minimum Gasteiger partial charge on any atom is -0.481 e. The summed E-state index contributed by atoms with van der Waals surface area (Å²) >= 11 is 0. The van der Waals surface area contributed by atoms with Crippen LogP contribution in [0.5, 0.6) is 0 Å². The summed E-state index contributed by atoms with van der Waals surface area (Å²) in [5, 5.41) is 8.37. The molecule has 0 bridgehead atoms. The van der Waals surface area contributed by atoms with Gasteiger partial charge in [-0.25, -0.2) is 0 Å². The second-order valence-corrected chi connectivity index (χ2v) is 5.16. The average Bonchev–Trinajstić information content (AvgIpc) is 2.35. The summed E-state index contributed by atoms with van der Waals surface area (Å²) in [6.45, 7) is 0. The molecule has 2 rings (SSSR count). The largest absolute Gasteiger partial charge is 0.481 e. The van der Waals surface area contributed by atoms with Crippen LogP contribution in [0.15, 0.2) is 30.3 Å². The van der Waals surface area contributed by atoms with Crippen LogP contribution in [0.25, 0.3) is 0 Å². The minimum absolute atomic E-state index is 0.112. The summed E-state index contributed by atoms with van der Waals surface area (Å²) in [7, 11) is 0. The van der Waals surface area contributed by atoms with E-state index in [1.807, 2.05) is 18.2 Å². The molecule has 1 saturated carbocycles. The van der Waals surface area contributed by atoms with Crippen LogP contribution in [0.1, 0.15) is 50.5 Å². The zero-order valence-corrected chi connectivity index (χ0v) is 11.6. The fraction of sp³-hybridized carbons (Fsp3) is 0.562. The Morgan fingerprint density at radius 1 is 1.05 bits per heavy atom. The Morgan fingerprint density at radius 3 is 2.11 bits per heavy atom. The molecule has 3 heteroatoms. The molecule has 0 aliphatic heterocycles. The average molecular weight is 263 g/mol. The third-order valence-electron chi connectivity index (χ3n) is 3.35. The molecule has 3 nitrogen and oxygen atoms in total. The molecular weight excluding hydrogens is 238 g/mol. The van der Waals surface area contributed by atoms with Gasteiger partial charge in [0.1, 0.15) is 0 Å². The van der Waals surface area contributed by atoms with Gasteiger partial charge in [-0.05, 0) is 18.4 Å². The van der Waals surface area contributed by atoms with Gasteiger partial charge in [-0.3, -0.25) is 4.79 Å². The van der Waals surface area contributed by atoms with Crippen molar-refractivity contribution < 1.29 is 9.90 Å². The lowest BCUT2D eigenvalue weighted by Crippen LogP contribution is -2.20. The van der Waals surface area contributed by atoms with Crippen molar-refractivity contribution in [3.05, 3.63) is 35.9 Å². The molecule has 1 fully saturated rings. The number of carboxylic acid groups (broad SMARTS) is 1. The highest BCUT2D eigenvalue weighted by Crippen LogP contribution is 2.15. The summed E-state index contributed by atoms with van der Waals surface area (Å²) in [6, 6.07) is 9.65. The number of benzene rings is 1. The van der Waals surface area contributed by atoms with E-state index in [1.54, 1.807) is 12.1 Å². The normalized spacial score (nSPS) is 16.7. The number of carboxylic acids is 1. The highest BCUT2D eigenvalue weighted by Gasteiger charge is 2.04. The van der Waals surface area contributed by atoms with Gasteiger partial charge in [0, 0.05) is 6.04 Å². The molecule has 0 aromatic heterocycles. The second kappa shape index (κ2) is 9.56. The van der Waals surface area contributed by atoms with Crippen LogP contribution in [0, 0.1) is 0 Å². The number of hydrogen-bond donors (Lipinski definition) is 2. The fourth-order valence-corrected chi connectivity index (χ4v) is 2.26. The number of carbonyl (C=O) groups is 1. The summed E-state index contributed by atoms with van der Waals surface area (Å²) in [5.41, 5.74) is 6.65. The van der Waals surface area contributed by atoms with Gasteiger partial charge in [0.25, 0.3) is 0 Å². The molecule has 0 spiro atoms. The van der Waals surface area contributed by atoms with Crippen molar-refractivity contribution >= 4 is 5.97 Å². The van der Waals surface area contributed by atoms with Crippen LogP contribution in [0.3, 0.4) is 0 Å². The van der Waals surface area contributed by atoms with Crippen LogP contribution in [-0.4, -0.2) is 17.1 Å². The summed E-state index contributed by atoms with van der Waals surface area (Å²) in [6.07, 6.45) is 9.62. The van der Waals surface area contributed by atoms with Crippen molar-refractivity contribution in [1.82, 2.24) is 0 Å². The van der Waals surface area contributed by atoms with E-state index in [-0.39, 0.29) is 6.42 Å². The van der Waals surface area contributed by atoms with Crippen molar-refractivity contribution in [2.45, 2.75) is 57.4 Å². The third kappa shape index (κ3) is 8.38. The molecule has 0 atom stereocenters. The van der Waals surface area contributed by atoms with Crippen molar-refractivity contribution in [2.24, 2.45) is 5.73 Å². The maximum absolute atomic E-state index is 10.2. The zero-order valence-electron chi connectivity index (χ0n) is 11.6. The lowest BCUT2D eigenvalue weighted by Gasteiger charge is -2.13. The molecule has 0 amide bonds. The smallest absolute Gasteiger partial charge is 0.307 e. The van der Waals surface area contributed by atoms with Crippen LogP contribution in [0.2, 0.25) is 0 Å². The molecule has 1 aromatic carbocycles. The van der Waals surface area contributed by atoms with Gasteiger partial charge < -0.3 is 10.8 Å². The summed E-state index contributed by atoms with van der Waals surface area (Å²) < 4.78 is 0. The topological polar surface area (TPSA) is 63.3 Å². The van der Waals surface area contributed by atoms with E-state index < -0.39 is 5.97 Å². The molecule has 0 heterocycles. The first-order valence-electron chi connectivity index (χ1n) is 7.20. The second-order valence-electron chi connectivity index (χ2n) is 5.16. The lowest BCUT2D eigenvalue weighted by atomic mass is 9.98. The van der Waals surface area contributed by atoms with Gasteiger partial charge >= 0.3 is 5.97 Å². The van der Waals surface area contributed by atoms with Gasteiger partial charge in [0.05, 0.1) is 6.42 Å². The molecule has 3 N–H and O–H groups in total. The summed E-state index contributed by atoms with van der Waals surface area (Å²) in [5.74, 6) is -0.786. The molecule has 0 radical (unpaired) electrons. The van der Waals surface area contributed by atoms with Gasteiger partial charge in [-0.15, -0.1) is 0 Å². The fourth-order valence-electron chi connectivity index (χ4n) is 2.26. The molecular formula is C16H25NO2. The van der Waals surface area contributed by atoms with E-state index in [0.717, 1.165) is 5.56 Å². The van der Waals surface area contributed by atoms with E-state index in [0.29, 0.717) is 6.04 Å². The highest BCUT2D eigenvalue weighted by atomic mass is 16.4.